The van der Waals surface area contributed by atoms with Crippen molar-refractivity contribution >= 4 is 23.4 Å². The Morgan fingerprint density at radius 3 is 2.68 bits per heavy atom. The fourth-order valence-corrected chi connectivity index (χ4v) is 2.14. The molecule has 0 aliphatic heterocycles. The number of alkyl halides is 3. The molecular weight excluding hydrogens is 383 g/mol. The third kappa shape index (κ3) is 5.21. The Bertz CT molecular complexity index is 920. The lowest BCUT2D eigenvalue weighted by Crippen LogP contribution is -2.31. The average Bonchev–Trinajstić information content (AvgIpc) is 3.07. The van der Waals surface area contributed by atoms with Crippen molar-refractivity contribution < 1.29 is 32.6 Å². The normalized spacial score (nSPS) is 12.0. The van der Waals surface area contributed by atoms with Gasteiger partial charge in [-0.1, -0.05) is 0 Å². The molecule has 1 aromatic carbocycles. The van der Waals surface area contributed by atoms with Crippen LogP contribution in [-0.4, -0.2) is 40.1 Å². The molecule has 0 fully saturated rings. The largest absolute Gasteiger partial charge is 0.453 e. The zero-order valence-corrected chi connectivity index (χ0v) is 14.3. The first-order chi connectivity index (χ1) is 13.1. The van der Waals surface area contributed by atoms with Crippen molar-refractivity contribution in [3.63, 3.8) is 0 Å². The number of aromatic nitrogens is 2. The number of nitrogens with zero attached hydrogens (tertiary/aromatic N) is 3. The van der Waals surface area contributed by atoms with Crippen LogP contribution in [0.15, 0.2) is 30.6 Å². The molecule has 3 N–H and O–H groups in total. The Labute approximate surface area is 156 Å². The summed E-state index contributed by atoms with van der Waals surface area (Å²) in [7, 11) is 1.17. The molecule has 0 radical (unpaired) electrons. The van der Waals surface area contributed by atoms with Crippen LogP contribution in [0.1, 0.15) is 11.1 Å². The summed E-state index contributed by atoms with van der Waals surface area (Å²) in [5, 5.41) is 27.0. The van der Waals surface area contributed by atoms with Crippen LogP contribution in [0.4, 0.5) is 29.3 Å². The van der Waals surface area contributed by atoms with E-state index in [4.69, 9.17) is 5.26 Å². The molecule has 2 amide bonds. The molecule has 1 aromatic heterocycles. The maximum Gasteiger partial charge on any atom is 0.417 e. The number of carbonyl (C=O) groups is 2. The number of benzene rings is 1. The molecule has 12 heteroatoms. The van der Waals surface area contributed by atoms with Crippen LogP contribution < -0.4 is 10.6 Å². The minimum Gasteiger partial charge on any atom is -0.453 e. The highest BCUT2D eigenvalue weighted by molar-refractivity contribution is 5.94. The predicted molar refractivity (Wildman–Crippen MR) is 89.1 cm³/mol. The standard InChI is InChI=1S/C16H14F3N5O4/c1-28-15(27)23-11-6-21-24(7-11)8-13(25)14(26)22-10-3-2-9(5-20)12(4-10)16(17,18)19/h2-4,6-7,13,25H,8H2,1H3,(H,22,26)(H,23,27)/t13-/m0/s1. The number of hydrogen-bond donors (Lipinski definition) is 3. The third-order valence-electron chi connectivity index (χ3n) is 3.44. The fourth-order valence-electron chi connectivity index (χ4n) is 2.14. The molecule has 1 heterocycles. The van der Waals surface area contributed by atoms with E-state index >= 15 is 0 Å². The van der Waals surface area contributed by atoms with E-state index in [1.165, 1.54) is 25.6 Å². The SMILES string of the molecule is COC(=O)Nc1cnn(C[C@H](O)C(=O)Nc2ccc(C#N)c(C(F)(F)F)c2)c1. The summed E-state index contributed by atoms with van der Waals surface area (Å²) in [6.07, 6.45) is -4.59. The number of ether oxygens (including phenoxy) is 1. The van der Waals surface area contributed by atoms with Crippen LogP contribution >= 0.6 is 0 Å². The molecule has 0 aliphatic rings. The van der Waals surface area contributed by atoms with E-state index in [0.717, 1.165) is 16.8 Å². The molecule has 2 aromatic rings. The Morgan fingerprint density at radius 2 is 2.07 bits per heavy atom. The van der Waals surface area contributed by atoms with Gasteiger partial charge < -0.3 is 15.2 Å². The van der Waals surface area contributed by atoms with E-state index in [9.17, 15) is 27.9 Å². The van der Waals surface area contributed by atoms with Crippen LogP contribution in [0.5, 0.6) is 0 Å². The van der Waals surface area contributed by atoms with Gasteiger partial charge in [-0.25, -0.2) is 4.79 Å². The molecule has 1 atom stereocenters. The van der Waals surface area contributed by atoms with Crippen LogP contribution in [0, 0.1) is 11.3 Å². The zero-order chi connectivity index (χ0) is 20.9. The summed E-state index contributed by atoms with van der Waals surface area (Å²) in [4.78, 5) is 23.1. The summed E-state index contributed by atoms with van der Waals surface area (Å²) in [5.41, 5.74) is -1.77. The monoisotopic (exact) mass is 397 g/mol. The van der Waals surface area contributed by atoms with Crippen molar-refractivity contribution in [3.05, 3.63) is 41.7 Å². The van der Waals surface area contributed by atoms with Gasteiger partial charge >= 0.3 is 12.3 Å². The second-order valence-corrected chi connectivity index (χ2v) is 5.44. The van der Waals surface area contributed by atoms with Crippen LogP contribution in [0.3, 0.4) is 0 Å². The molecule has 9 nitrogen and oxygen atoms in total. The number of aliphatic hydroxyl groups is 1. The van der Waals surface area contributed by atoms with E-state index < -0.39 is 35.4 Å². The van der Waals surface area contributed by atoms with Gasteiger partial charge in [-0.3, -0.25) is 14.8 Å². The number of hydrogen-bond acceptors (Lipinski definition) is 6. The number of halogens is 3. The summed E-state index contributed by atoms with van der Waals surface area (Å²) < 4.78 is 44.4. The highest BCUT2D eigenvalue weighted by Gasteiger charge is 2.34. The first kappa shape index (κ1) is 20.7. The van der Waals surface area contributed by atoms with Crippen molar-refractivity contribution in [1.82, 2.24) is 9.78 Å². The second-order valence-electron chi connectivity index (χ2n) is 5.44. The quantitative estimate of drug-likeness (QED) is 0.707. The molecule has 2 rings (SSSR count). The molecular formula is C16H14F3N5O4. The van der Waals surface area contributed by atoms with Gasteiger partial charge in [-0.05, 0) is 18.2 Å². The van der Waals surface area contributed by atoms with Gasteiger partial charge in [0.2, 0.25) is 0 Å². The molecule has 0 spiro atoms. The van der Waals surface area contributed by atoms with Crippen molar-refractivity contribution in [2.45, 2.75) is 18.8 Å². The summed E-state index contributed by atoms with van der Waals surface area (Å²) in [5.74, 6) is -0.976. The highest BCUT2D eigenvalue weighted by atomic mass is 19.4. The lowest BCUT2D eigenvalue weighted by Gasteiger charge is -2.14. The topological polar surface area (TPSA) is 129 Å². The van der Waals surface area contributed by atoms with Gasteiger partial charge in [0.15, 0.2) is 6.10 Å². The smallest absolute Gasteiger partial charge is 0.417 e. The lowest BCUT2D eigenvalue weighted by molar-refractivity contribution is -0.137. The number of nitrogens with one attached hydrogen (secondary N) is 2. The third-order valence-corrected chi connectivity index (χ3v) is 3.44. The number of methoxy groups -OCH3 is 1. The minimum absolute atomic E-state index is 0.233. The first-order valence-corrected chi connectivity index (χ1v) is 7.61. The highest BCUT2D eigenvalue weighted by Crippen LogP contribution is 2.33. The van der Waals surface area contributed by atoms with Crippen molar-refractivity contribution in [2.24, 2.45) is 0 Å². The van der Waals surface area contributed by atoms with E-state index in [2.05, 4.69) is 20.5 Å². The van der Waals surface area contributed by atoms with Crippen molar-refractivity contribution in [2.75, 3.05) is 17.7 Å². The zero-order valence-electron chi connectivity index (χ0n) is 14.3. The minimum atomic E-state index is -4.78. The fraction of sp³-hybridized carbons (Fsp3) is 0.250. The Morgan fingerprint density at radius 1 is 1.36 bits per heavy atom. The molecule has 148 valence electrons. The van der Waals surface area contributed by atoms with Gasteiger partial charge in [0, 0.05) is 11.9 Å². The molecule has 0 saturated heterocycles. The summed E-state index contributed by atoms with van der Waals surface area (Å²) in [6, 6.07) is 4.07. The number of carbonyl (C=O) groups excluding carboxylic acids is 2. The Kier molecular flexibility index (Phi) is 6.22. The molecule has 0 aliphatic carbocycles. The lowest BCUT2D eigenvalue weighted by atomic mass is 10.1. The number of aliphatic hydroxyl groups excluding tert-OH is 1. The Balaban J connectivity index is 2.05. The van der Waals surface area contributed by atoms with Gasteiger partial charge in [-0.15, -0.1) is 0 Å². The number of nitriles is 1. The molecule has 28 heavy (non-hydrogen) atoms. The first-order valence-electron chi connectivity index (χ1n) is 7.61. The summed E-state index contributed by atoms with van der Waals surface area (Å²) in [6.45, 7) is -0.322. The molecule has 0 unspecified atom stereocenters. The van der Waals surface area contributed by atoms with E-state index in [1.807, 2.05) is 0 Å². The van der Waals surface area contributed by atoms with Gasteiger partial charge in [0.05, 0.1) is 42.7 Å². The van der Waals surface area contributed by atoms with E-state index in [-0.39, 0.29) is 17.9 Å². The number of anilines is 2. The Hall–Kier alpha value is -3.59. The van der Waals surface area contributed by atoms with Gasteiger partial charge in [-0.2, -0.15) is 23.5 Å². The van der Waals surface area contributed by atoms with E-state index in [1.54, 1.807) is 0 Å². The van der Waals surface area contributed by atoms with Gasteiger partial charge in [0.1, 0.15) is 0 Å². The number of rotatable bonds is 5. The van der Waals surface area contributed by atoms with E-state index in [0.29, 0.717) is 6.07 Å². The average molecular weight is 397 g/mol. The van der Waals surface area contributed by atoms with Gasteiger partial charge in [0.25, 0.3) is 5.91 Å². The van der Waals surface area contributed by atoms with Crippen molar-refractivity contribution in [3.8, 4) is 6.07 Å². The molecule has 0 bridgehead atoms. The summed E-state index contributed by atoms with van der Waals surface area (Å²) >= 11 is 0. The van der Waals surface area contributed by atoms with Crippen LogP contribution in [0.25, 0.3) is 0 Å². The maximum absolute atomic E-state index is 13.0. The van der Waals surface area contributed by atoms with Crippen LogP contribution in [-0.2, 0) is 22.3 Å². The second kappa shape index (κ2) is 8.40. The molecule has 0 saturated carbocycles. The predicted octanol–water partition coefficient (Wildman–Crippen LogP) is 1.95. The van der Waals surface area contributed by atoms with Crippen molar-refractivity contribution in [1.29, 1.82) is 5.26 Å². The maximum atomic E-state index is 13.0. The number of amides is 2. The van der Waals surface area contributed by atoms with Crippen LogP contribution in [0.2, 0.25) is 0 Å².